The van der Waals surface area contributed by atoms with Gasteiger partial charge in [0, 0.05) is 17.3 Å². The molecule has 0 atom stereocenters. The van der Waals surface area contributed by atoms with Gasteiger partial charge >= 0.3 is 5.76 Å². The quantitative estimate of drug-likeness (QED) is 0.604. The third-order valence-corrected chi connectivity index (χ3v) is 3.48. The third kappa shape index (κ3) is 2.58. The van der Waals surface area contributed by atoms with Crippen molar-refractivity contribution in [3.8, 4) is 11.3 Å². The highest BCUT2D eigenvalue weighted by molar-refractivity contribution is 6.04. The van der Waals surface area contributed by atoms with Gasteiger partial charge in [-0.05, 0) is 18.2 Å². The molecule has 118 valence electrons. The van der Waals surface area contributed by atoms with E-state index in [1.807, 2.05) is 30.3 Å². The van der Waals surface area contributed by atoms with Crippen LogP contribution in [-0.2, 0) is 0 Å². The Kier molecular flexibility index (Phi) is 3.24. The summed E-state index contributed by atoms with van der Waals surface area (Å²) >= 11 is 0. The van der Waals surface area contributed by atoms with Crippen molar-refractivity contribution in [3.63, 3.8) is 0 Å². The molecule has 0 fully saturated rings. The van der Waals surface area contributed by atoms with Crippen molar-refractivity contribution in [2.75, 3.05) is 5.32 Å². The van der Waals surface area contributed by atoms with E-state index in [2.05, 4.69) is 15.5 Å². The first-order chi connectivity index (χ1) is 11.7. The van der Waals surface area contributed by atoms with Crippen LogP contribution in [0.5, 0.6) is 0 Å². The fourth-order valence-electron chi connectivity index (χ4n) is 2.35. The normalized spacial score (nSPS) is 10.8. The van der Waals surface area contributed by atoms with E-state index in [1.54, 1.807) is 24.3 Å². The molecule has 0 aliphatic rings. The zero-order chi connectivity index (χ0) is 16.5. The first kappa shape index (κ1) is 14.0. The summed E-state index contributed by atoms with van der Waals surface area (Å²) in [5.41, 5.74) is 2.43. The lowest BCUT2D eigenvalue weighted by atomic mass is 10.1. The van der Waals surface area contributed by atoms with E-state index in [-0.39, 0.29) is 5.69 Å². The van der Waals surface area contributed by atoms with Crippen LogP contribution in [-0.4, -0.2) is 16.0 Å². The highest BCUT2D eigenvalue weighted by atomic mass is 16.5. The van der Waals surface area contributed by atoms with E-state index in [9.17, 15) is 9.59 Å². The largest absolute Gasteiger partial charge is 0.417 e. The number of hydrogen-bond donors (Lipinski definition) is 2. The molecule has 0 spiro atoms. The lowest BCUT2D eigenvalue weighted by Crippen LogP contribution is -2.12. The van der Waals surface area contributed by atoms with Gasteiger partial charge in [-0.2, -0.15) is 0 Å². The molecule has 0 radical (unpaired) electrons. The molecule has 0 bridgehead atoms. The number of aromatic amines is 1. The van der Waals surface area contributed by atoms with Gasteiger partial charge in [-0.3, -0.25) is 9.78 Å². The Hall–Kier alpha value is -3.61. The van der Waals surface area contributed by atoms with Crippen molar-refractivity contribution < 1.29 is 13.7 Å². The van der Waals surface area contributed by atoms with Crippen molar-refractivity contribution in [3.05, 3.63) is 70.8 Å². The minimum absolute atomic E-state index is 0.162. The molecular weight excluding hydrogens is 310 g/mol. The fourth-order valence-corrected chi connectivity index (χ4v) is 2.35. The lowest BCUT2D eigenvalue weighted by Gasteiger charge is -2.01. The van der Waals surface area contributed by atoms with E-state index in [4.69, 9.17) is 8.94 Å². The number of oxazole rings is 1. The number of fused-ring (bicyclic) bond motifs is 1. The molecule has 0 aliphatic heterocycles. The molecule has 4 aromatic rings. The Morgan fingerprint density at radius 3 is 2.75 bits per heavy atom. The summed E-state index contributed by atoms with van der Waals surface area (Å²) in [6.45, 7) is 0. The number of carbonyl (C=O) groups is 1. The second-order valence-electron chi connectivity index (χ2n) is 5.12. The van der Waals surface area contributed by atoms with Crippen LogP contribution >= 0.6 is 0 Å². The molecule has 7 nitrogen and oxygen atoms in total. The lowest BCUT2D eigenvalue weighted by molar-refractivity contribution is 0.101. The van der Waals surface area contributed by atoms with Gasteiger partial charge < -0.3 is 14.3 Å². The Balaban J connectivity index is 1.57. The number of nitrogens with zero attached hydrogens (tertiary/aromatic N) is 1. The standard InChI is InChI=1S/C17H11N3O4/c21-16(13-9-15(24-20-13)10-4-2-1-3-5-10)18-11-6-7-14-12(8-11)19-17(22)23-14/h1-9H,(H,18,21)(H,19,22). The topological polar surface area (TPSA) is 101 Å². The number of amides is 1. The maximum atomic E-state index is 12.3. The zero-order valence-corrected chi connectivity index (χ0v) is 12.3. The first-order valence-corrected chi connectivity index (χ1v) is 7.15. The SMILES string of the molecule is O=C(Nc1ccc2oc(=O)[nH]c2c1)c1cc(-c2ccccc2)on1. The highest BCUT2D eigenvalue weighted by Gasteiger charge is 2.14. The Labute approximate surface area is 134 Å². The predicted molar refractivity (Wildman–Crippen MR) is 86.7 cm³/mol. The van der Waals surface area contributed by atoms with Crippen LogP contribution in [0.15, 0.2) is 68.3 Å². The molecule has 0 unspecified atom stereocenters. The van der Waals surface area contributed by atoms with Crippen molar-refractivity contribution in [2.24, 2.45) is 0 Å². The van der Waals surface area contributed by atoms with E-state index < -0.39 is 11.7 Å². The van der Waals surface area contributed by atoms with Gasteiger partial charge in [-0.25, -0.2) is 4.79 Å². The number of H-pyrrole nitrogens is 1. The number of anilines is 1. The Morgan fingerprint density at radius 1 is 1.08 bits per heavy atom. The van der Waals surface area contributed by atoms with Crippen LogP contribution < -0.4 is 11.1 Å². The van der Waals surface area contributed by atoms with Crippen LogP contribution in [0.3, 0.4) is 0 Å². The average molecular weight is 321 g/mol. The average Bonchev–Trinajstić information content (AvgIpc) is 3.21. The number of rotatable bonds is 3. The maximum Gasteiger partial charge on any atom is 0.417 e. The van der Waals surface area contributed by atoms with Crippen LogP contribution in [0, 0.1) is 0 Å². The zero-order valence-electron chi connectivity index (χ0n) is 12.3. The Morgan fingerprint density at radius 2 is 1.92 bits per heavy atom. The second kappa shape index (κ2) is 5.54. The molecule has 4 rings (SSSR count). The van der Waals surface area contributed by atoms with E-state index in [1.165, 1.54) is 0 Å². The number of hydrogen-bond acceptors (Lipinski definition) is 5. The van der Waals surface area contributed by atoms with Gasteiger partial charge in [-0.15, -0.1) is 0 Å². The summed E-state index contributed by atoms with van der Waals surface area (Å²) in [7, 11) is 0. The van der Waals surface area contributed by atoms with Gasteiger partial charge in [-0.1, -0.05) is 35.5 Å². The Bertz CT molecular complexity index is 1080. The molecular formula is C17H11N3O4. The van der Waals surface area contributed by atoms with Crippen LogP contribution in [0.25, 0.3) is 22.4 Å². The minimum atomic E-state index is -0.544. The molecule has 0 aliphatic carbocycles. The number of nitrogens with one attached hydrogen (secondary N) is 2. The molecule has 2 aromatic carbocycles. The summed E-state index contributed by atoms with van der Waals surface area (Å²) in [5.74, 6) is -0.445. The van der Waals surface area contributed by atoms with Crippen molar-refractivity contribution in [2.45, 2.75) is 0 Å². The molecule has 0 saturated carbocycles. The summed E-state index contributed by atoms with van der Waals surface area (Å²) in [6, 6.07) is 15.8. The molecule has 2 N–H and O–H groups in total. The van der Waals surface area contributed by atoms with E-state index >= 15 is 0 Å². The second-order valence-corrected chi connectivity index (χ2v) is 5.12. The van der Waals surface area contributed by atoms with E-state index in [0.717, 1.165) is 5.56 Å². The summed E-state index contributed by atoms with van der Waals surface area (Å²) < 4.78 is 10.1. The maximum absolute atomic E-state index is 12.3. The van der Waals surface area contributed by atoms with Gasteiger partial charge in [0.1, 0.15) is 0 Å². The summed E-state index contributed by atoms with van der Waals surface area (Å²) in [4.78, 5) is 26.0. The fraction of sp³-hybridized carbons (Fsp3) is 0. The van der Waals surface area contributed by atoms with Gasteiger partial charge in [0.25, 0.3) is 5.91 Å². The number of carbonyl (C=O) groups excluding carboxylic acids is 1. The van der Waals surface area contributed by atoms with Gasteiger partial charge in [0.2, 0.25) is 0 Å². The summed E-state index contributed by atoms with van der Waals surface area (Å²) in [5, 5.41) is 6.49. The molecule has 0 saturated heterocycles. The van der Waals surface area contributed by atoms with Crippen LogP contribution in [0.2, 0.25) is 0 Å². The monoisotopic (exact) mass is 321 g/mol. The molecule has 2 aromatic heterocycles. The molecule has 2 heterocycles. The van der Waals surface area contributed by atoms with Gasteiger partial charge in [0.15, 0.2) is 17.0 Å². The third-order valence-electron chi connectivity index (χ3n) is 3.48. The van der Waals surface area contributed by atoms with Crippen LogP contribution in [0.4, 0.5) is 5.69 Å². The van der Waals surface area contributed by atoms with E-state index in [0.29, 0.717) is 22.5 Å². The summed E-state index contributed by atoms with van der Waals surface area (Å²) in [6.07, 6.45) is 0. The van der Waals surface area contributed by atoms with Crippen LogP contribution in [0.1, 0.15) is 10.5 Å². The van der Waals surface area contributed by atoms with Gasteiger partial charge in [0.05, 0.1) is 5.52 Å². The van der Waals surface area contributed by atoms with Crippen molar-refractivity contribution >= 4 is 22.7 Å². The number of aromatic nitrogens is 2. The molecule has 7 heteroatoms. The predicted octanol–water partition coefficient (Wildman–Crippen LogP) is 3.03. The minimum Gasteiger partial charge on any atom is -0.408 e. The molecule has 24 heavy (non-hydrogen) atoms. The molecule has 1 amide bonds. The number of benzene rings is 2. The first-order valence-electron chi connectivity index (χ1n) is 7.15. The highest BCUT2D eigenvalue weighted by Crippen LogP contribution is 2.21. The smallest absolute Gasteiger partial charge is 0.408 e. The van der Waals surface area contributed by atoms with Crippen molar-refractivity contribution in [1.29, 1.82) is 0 Å². The van der Waals surface area contributed by atoms with Crippen molar-refractivity contribution in [1.82, 2.24) is 10.1 Å².